The van der Waals surface area contributed by atoms with Crippen LogP contribution in [-0.2, 0) is 14.3 Å². The van der Waals surface area contributed by atoms with Gasteiger partial charge in [0, 0.05) is 0 Å². The molecule has 0 saturated carbocycles. The van der Waals surface area contributed by atoms with Crippen LogP contribution in [0.15, 0.2) is 0 Å². The van der Waals surface area contributed by atoms with Crippen molar-refractivity contribution in [3.8, 4) is 0 Å². The Hall–Kier alpha value is 0.420. The fraction of sp³-hybridized carbons (Fsp3) is 0.900. The number of aliphatic hydroxyl groups is 1. The molecule has 0 bridgehead atoms. The first-order valence-electron chi connectivity index (χ1n) is 6.22. The summed E-state index contributed by atoms with van der Waals surface area (Å²) in [5.74, 6) is -12.1. The first-order chi connectivity index (χ1) is 10.3. The van der Waals surface area contributed by atoms with Gasteiger partial charge in [-0.1, -0.05) is 0 Å². The Bertz CT molecular complexity index is 554. The summed E-state index contributed by atoms with van der Waals surface area (Å²) in [5, 5.41) is 9.14. The Kier molecular flexibility index (Phi) is 3.95. The topological polar surface area (TPSA) is 99.6 Å². The molecule has 23 heavy (non-hydrogen) atoms. The van der Waals surface area contributed by atoms with Gasteiger partial charge in [-0.2, -0.15) is 0 Å². The van der Waals surface area contributed by atoms with E-state index in [-0.39, 0.29) is 0 Å². The van der Waals surface area contributed by atoms with Crippen molar-refractivity contribution in [2.24, 2.45) is 5.92 Å². The number of alkyl halides is 7. The summed E-state index contributed by atoms with van der Waals surface area (Å²) in [5.41, 5.74) is 0. The monoisotopic (exact) mass is 572 g/mol. The van der Waals surface area contributed by atoms with Gasteiger partial charge in [-0.3, -0.25) is 0 Å². The predicted octanol–water partition coefficient (Wildman–Crippen LogP) is 1.45. The van der Waals surface area contributed by atoms with Gasteiger partial charge in [0.1, 0.15) is 0 Å². The van der Waals surface area contributed by atoms with Crippen LogP contribution in [0, 0.1) is 5.92 Å². The van der Waals surface area contributed by atoms with Gasteiger partial charge in [0.2, 0.25) is 0 Å². The molecule has 6 nitrogen and oxygen atoms in total. The molecule has 0 aromatic heterocycles. The van der Waals surface area contributed by atoms with E-state index in [0.717, 1.165) is 0 Å². The molecular formula is C10H11F5I2N2O4. The van der Waals surface area contributed by atoms with Gasteiger partial charge >= 0.3 is 148 Å². The van der Waals surface area contributed by atoms with Crippen LogP contribution < -0.4 is 7.06 Å². The molecule has 3 atom stereocenters. The summed E-state index contributed by atoms with van der Waals surface area (Å²) in [6.45, 7) is -0.503. The van der Waals surface area contributed by atoms with Gasteiger partial charge < -0.3 is 0 Å². The van der Waals surface area contributed by atoms with Gasteiger partial charge in [0.15, 0.2) is 0 Å². The van der Waals surface area contributed by atoms with Crippen LogP contribution >= 0.6 is 43.0 Å². The molecule has 0 radical (unpaired) electrons. The number of nitrogens with one attached hydrogen (secondary N) is 2. The number of carbonyl (C=O) groups excluding carboxylic acids is 1. The van der Waals surface area contributed by atoms with E-state index < -0.39 is 70.4 Å². The van der Waals surface area contributed by atoms with Crippen molar-refractivity contribution < 1.29 is 41.3 Å². The van der Waals surface area contributed by atoms with E-state index in [0.29, 0.717) is 0 Å². The minimum atomic E-state index is -5.67. The molecule has 3 aliphatic heterocycles. The van der Waals surface area contributed by atoms with Crippen molar-refractivity contribution in [3.63, 3.8) is 0 Å². The second-order valence-corrected chi connectivity index (χ2v) is 12.0. The second kappa shape index (κ2) is 4.99. The van der Waals surface area contributed by atoms with Gasteiger partial charge in [0.05, 0.1) is 0 Å². The van der Waals surface area contributed by atoms with Crippen LogP contribution in [0.25, 0.3) is 0 Å². The Morgan fingerprint density at radius 1 is 1.48 bits per heavy atom. The SMILES string of the molecule is CC(I)(C(=O)OCC1COC(O)(C(F)(F)F)C1(F)F)C12NI1N2. The molecule has 134 valence electrons. The van der Waals surface area contributed by atoms with E-state index in [1.165, 1.54) is 0 Å². The summed E-state index contributed by atoms with van der Waals surface area (Å²) in [4.78, 5) is 12.0. The Morgan fingerprint density at radius 3 is 2.39 bits per heavy atom. The molecule has 0 aromatic rings. The molecular weight excluding hydrogens is 561 g/mol. The molecule has 0 aliphatic carbocycles. The van der Waals surface area contributed by atoms with Crippen molar-refractivity contribution in [3.05, 3.63) is 0 Å². The number of hydrogen-bond acceptors (Lipinski definition) is 6. The zero-order valence-corrected chi connectivity index (χ0v) is 15.6. The Labute approximate surface area is 148 Å². The van der Waals surface area contributed by atoms with Crippen molar-refractivity contribution >= 4 is 48.9 Å². The van der Waals surface area contributed by atoms with Crippen molar-refractivity contribution in [1.82, 2.24) is 7.06 Å². The number of halogens is 7. The van der Waals surface area contributed by atoms with E-state index in [4.69, 9.17) is 9.84 Å². The van der Waals surface area contributed by atoms with Crippen molar-refractivity contribution in [2.75, 3.05) is 13.2 Å². The van der Waals surface area contributed by atoms with Crippen molar-refractivity contribution in [1.29, 1.82) is 0 Å². The van der Waals surface area contributed by atoms with Gasteiger partial charge in [-0.05, 0) is 0 Å². The normalized spacial score (nSPS) is 37.7. The molecule has 3 aliphatic rings. The van der Waals surface area contributed by atoms with E-state index in [2.05, 4.69) is 11.8 Å². The molecule has 3 N–H and O–H groups in total. The second-order valence-electron chi connectivity index (χ2n) is 5.51. The number of hydrogen-bond donors (Lipinski definition) is 3. The van der Waals surface area contributed by atoms with Crippen molar-refractivity contribution in [2.45, 2.75) is 31.9 Å². The van der Waals surface area contributed by atoms with Crippen LogP contribution in [0.1, 0.15) is 6.92 Å². The predicted molar refractivity (Wildman–Crippen MR) is 81.8 cm³/mol. The zero-order chi connectivity index (χ0) is 17.5. The molecule has 0 amide bonds. The van der Waals surface area contributed by atoms with E-state index >= 15 is 0 Å². The maximum atomic E-state index is 13.8. The van der Waals surface area contributed by atoms with Crippen LogP contribution in [0.4, 0.5) is 22.0 Å². The number of rotatable bonds is 4. The summed E-state index contributed by atoms with van der Waals surface area (Å²) in [6, 6.07) is 0. The number of ether oxygens (including phenoxy) is 2. The van der Waals surface area contributed by atoms with Gasteiger partial charge in [-0.15, -0.1) is 0 Å². The molecule has 3 rings (SSSR count). The standard InChI is InChI=1S/C10H11F5I2N2O4/c1-6(16,10-17(18-10)19-10)5(20)22-2-4-3-23-8(21,7(4,11)12)9(13,14)15/h4,18-19,21H,2-3H2,1H3. The first-order valence-corrected chi connectivity index (χ1v) is 10.5. The Balaban J connectivity index is 1.64. The average Bonchev–Trinajstić information content (AvgIpc) is 3.22. The number of carbonyl (C=O) groups is 1. The first kappa shape index (κ1) is 18.2. The third kappa shape index (κ3) is 2.40. The third-order valence-electron chi connectivity index (χ3n) is 3.95. The Morgan fingerprint density at radius 2 is 2.00 bits per heavy atom. The van der Waals surface area contributed by atoms with Gasteiger partial charge in [0.25, 0.3) is 0 Å². The molecule has 13 heteroatoms. The molecule has 0 aromatic carbocycles. The molecule has 3 fully saturated rings. The molecule has 3 saturated heterocycles. The van der Waals surface area contributed by atoms with E-state index in [9.17, 15) is 26.7 Å². The van der Waals surface area contributed by atoms with Crippen LogP contribution in [0.3, 0.4) is 0 Å². The van der Waals surface area contributed by atoms with E-state index in [1.807, 2.05) is 22.6 Å². The fourth-order valence-electron chi connectivity index (χ4n) is 2.15. The number of fused-ring (bicyclic) bond motifs is 1. The minimum absolute atomic E-state index is 0.490. The fourth-order valence-corrected chi connectivity index (χ4v) is 9.94. The van der Waals surface area contributed by atoms with Crippen LogP contribution in [0.5, 0.6) is 0 Å². The summed E-state index contributed by atoms with van der Waals surface area (Å²) >= 11 is 0.324. The summed E-state index contributed by atoms with van der Waals surface area (Å²) < 4.78 is 78.8. The van der Waals surface area contributed by atoms with E-state index in [1.54, 1.807) is 6.92 Å². The molecule has 3 unspecified atom stereocenters. The quantitative estimate of drug-likeness (QED) is 0.0899. The summed E-state index contributed by atoms with van der Waals surface area (Å²) in [6.07, 6.45) is -5.67. The maximum absolute atomic E-state index is 13.8. The summed E-state index contributed by atoms with van der Waals surface area (Å²) in [7, 11) is 0. The molecule has 0 spiro atoms. The van der Waals surface area contributed by atoms with Crippen LogP contribution in [0.2, 0.25) is 0 Å². The van der Waals surface area contributed by atoms with Gasteiger partial charge in [-0.25, -0.2) is 0 Å². The van der Waals surface area contributed by atoms with Crippen LogP contribution in [-0.4, -0.2) is 49.3 Å². The zero-order valence-electron chi connectivity index (χ0n) is 11.3. The average molecular weight is 572 g/mol. The third-order valence-corrected chi connectivity index (χ3v) is 11.1. The molecule has 3 heterocycles. The number of esters is 1.